The number of sulfonamides is 1. The fraction of sp³-hybridized carbons (Fsp3) is 0.333. The molecule has 15 heteroatoms. The Hall–Kier alpha value is -5.80. The Bertz CT molecular complexity index is 2280. The molecule has 5 rings (SSSR count). The second-order valence-corrected chi connectivity index (χ2v) is 16.6. The number of carbonyl (C=O) groups is 2. The second-order valence-electron chi connectivity index (χ2n) is 14.7. The van der Waals surface area contributed by atoms with Gasteiger partial charge in [-0.2, -0.15) is 9.40 Å². The molecule has 302 valence electrons. The van der Waals surface area contributed by atoms with Crippen molar-refractivity contribution < 1.29 is 41.7 Å². The van der Waals surface area contributed by atoms with Crippen molar-refractivity contribution in [2.45, 2.75) is 63.7 Å². The average Bonchev–Trinajstić information content (AvgIpc) is 3.65. The van der Waals surface area contributed by atoms with Crippen LogP contribution in [0.15, 0.2) is 90.1 Å². The van der Waals surface area contributed by atoms with Crippen LogP contribution in [0.4, 0.5) is 4.39 Å². The lowest BCUT2D eigenvalue weighted by Crippen LogP contribution is -2.38. The zero-order chi connectivity index (χ0) is 41.7. The first-order chi connectivity index (χ1) is 26.9. The first-order valence-corrected chi connectivity index (χ1v) is 19.6. The number of hydrogen-bond donors (Lipinski definition) is 1. The topological polar surface area (TPSA) is 153 Å². The molecule has 0 saturated carbocycles. The number of carboxylic acid groups (broad SMARTS) is 1. The van der Waals surface area contributed by atoms with Crippen molar-refractivity contribution in [2.24, 2.45) is 0 Å². The monoisotopic (exact) mass is 801 g/mol. The van der Waals surface area contributed by atoms with Gasteiger partial charge in [-0.15, -0.1) is 0 Å². The van der Waals surface area contributed by atoms with Gasteiger partial charge in [0.25, 0.3) is 15.9 Å². The molecule has 2 heterocycles. The van der Waals surface area contributed by atoms with E-state index in [-0.39, 0.29) is 48.6 Å². The van der Waals surface area contributed by atoms with Crippen LogP contribution >= 0.6 is 0 Å². The molecular formula is C42H48FN5O8S. The fourth-order valence-electron chi connectivity index (χ4n) is 6.30. The standard InChI is InChI=1S/C42H48FN5O8S/c1-27(2)34-20-31(43)21-35(36(34)22-40(49)50)30-17-18-44-38(19-30)56-26-42(3,4)48-37(41(51)46(5)6)23-39(45-48)57(52,53)47(24-28-9-13-32(54-7)14-10-28)25-29-11-15-33(55-8)16-12-29/h9-21,23,27H,22,24-26H2,1-8H3,(H,49,50). The zero-order valence-corrected chi connectivity index (χ0v) is 34.1. The minimum atomic E-state index is -4.34. The number of carboxylic acids is 1. The van der Waals surface area contributed by atoms with Gasteiger partial charge in [0.2, 0.25) is 5.88 Å². The lowest BCUT2D eigenvalue weighted by atomic mass is 9.88. The molecule has 3 aromatic carbocycles. The molecule has 0 aliphatic carbocycles. The molecular weight excluding hydrogens is 754 g/mol. The molecule has 0 aliphatic heterocycles. The SMILES string of the molecule is COc1ccc(CN(Cc2ccc(OC)cc2)S(=O)(=O)c2cc(C(=O)N(C)C)n(C(C)(C)COc3cc(-c4cc(F)cc(C(C)C)c4CC(=O)O)ccn3)n2)cc1. The van der Waals surface area contributed by atoms with E-state index in [0.29, 0.717) is 44.9 Å². The van der Waals surface area contributed by atoms with Gasteiger partial charge in [0.15, 0.2) is 5.03 Å². The zero-order valence-electron chi connectivity index (χ0n) is 33.3. The quantitative estimate of drug-likeness (QED) is 0.107. The largest absolute Gasteiger partial charge is 0.497 e. The first-order valence-electron chi connectivity index (χ1n) is 18.1. The lowest BCUT2D eigenvalue weighted by molar-refractivity contribution is -0.136. The van der Waals surface area contributed by atoms with Crippen molar-refractivity contribution >= 4 is 21.9 Å². The van der Waals surface area contributed by atoms with Gasteiger partial charge in [0.1, 0.15) is 29.6 Å². The van der Waals surface area contributed by atoms with Crippen LogP contribution < -0.4 is 14.2 Å². The number of carbonyl (C=O) groups excluding carboxylic acids is 1. The van der Waals surface area contributed by atoms with Crippen molar-refractivity contribution in [1.29, 1.82) is 0 Å². The van der Waals surface area contributed by atoms with Crippen molar-refractivity contribution in [2.75, 3.05) is 34.9 Å². The van der Waals surface area contributed by atoms with Crippen LogP contribution in [0.5, 0.6) is 17.4 Å². The number of hydrogen-bond acceptors (Lipinski definition) is 9. The number of benzene rings is 3. The summed E-state index contributed by atoms with van der Waals surface area (Å²) in [6, 6.07) is 21.3. The molecule has 0 aliphatic rings. The van der Waals surface area contributed by atoms with E-state index >= 15 is 0 Å². The number of halogens is 1. The van der Waals surface area contributed by atoms with Gasteiger partial charge in [-0.25, -0.2) is 22.5 Å². The van der Waals surface area contributed by atoms with E-state index in [1.54, 1.807) is 103 Å². The highest BCUT2D eigenvalue weighted by atomic mass is 32.2. The first kappa shape index (κ1) is 42.3. The number of nitrogens with zero attached hydrogens (tertiary/aromatic N) is 5. The van der Waals surface area contributed by atoms with Gasteiger partial charge in [-0.3, -0.25) is 9.59 Å². The predicted octanol–water partition coefficient (Wildman–Crippen LogP) is 6.76. The second kappa shape index (κ2) is 17.6. The minimum absolute atomic E-state index is 0.00511. The summed E-state index contributed by atoms with van der Waals surface area (Å²) >= 11 is 0. The van der Waals surface area contributed by atoms with Crippen LogP contribution in [0, 0.1) is 5.82 Å². The van der Waals surface area contributed by atoms with Gasteiger partial charge in [0.05, 0.1) is 26.2 Å². The minimum Gasteiger partial charge on any atom is -0.497 e. The molecule has 0 bridgehead atoms. The number of aliphatic carboxylic acids is 1. The maximum absolute atomic E-state index is 14.9. The van der Waals surface area contributed by atoms with E-state index < -0.39 is 33.3 Å². The van der Waals surface area contributed by atoms with Gasteiger partial charge in [-0.1, -0.05) is 38.1 Å². The Balaban J connectivity index is 1.50. The summed E-state index contributed by atoms with van der Waals surface area (Å²) in [5.41, 5.74) is 2.28. The van der Waals surface area contributed by atoms with Gasteiger partial charge >= 0.3 is 5.97 Å². The highest BCUT2D eigenvalue weighted by Gasteiger charge is 2.35. The number of rotatable bonds is 17. The maximum atomic E-state index is 14.9. The van der Waals surface area contributed by atoms with E-state index in [1.165, 1.54) is 38.3 Å². The smallest absolute Gasteiger partial charge is 0.307 e. The molecule has 0 spiro atoms. The third kappa shape index (κ3) is 9.96. The van der Waals surface area contributed by atoms with E-state index in [0.717, 1.165) is 0 Å². The Morgan fingerprint density at radius 3 is 1.98 bits per heavy atom. The van der Waals surface area contributed by atoms with Crippen LogP contribution in [-0.2, 0) is 39.9 Å². The van der Waals surface area contributed by atoms with E-state index in [2.05, 4.69) is 10.1 Å². The van der Waals surface area contributed by atoms with Crippen LogP contribution in [0.2, 0.25) is 0 Å². The molecule has 57 heavy (non-hydrogen) atoms. The van der Waals surface area contributed by atoms with Crippen molar-refractivity contribution in [3.05, 3.63) is 119 Å². The number of ether oxygens (including phenoxy) is 3. The number of amides is 1. The summed E-state index contributed by atoms with van der Waals surface area (Å²) in [4.78, 5) is 31.1. The van der Waals surface area contributed by atoms with Gasteiger partial charge in [0, 0.05) is 45.5 Å². The summed E-state index contributed by atoms with van der Waals surface area (Å²) in [5, 5.41) is 13.9. The van der Waals surface area contributed by atoms with Crippen molar-refractivity contribution in [1.82, 2.24) is 24.0 Å². The molecule has 1 N–H and O–H groups in total. The van der Waals surface area contributed by atoms with Crippen LogP contribution in [0.25, 0.3) is 11.1 Å². The summed E-state index contributed by atoms with van der Waals surface area (Å²) in [7, 11) is 1.88. The van der Waals surface area contributed by atoms with E-state index in [4.69, 9.17) is 14.2 Å². The molecule has 0 radical (unpaired) electrons. The molecule has 0 fully saturated rings. The highest BCUT2D eigenvalue weighted by Crippen LogP contribution is 2.34. The fourth-order valence-corrected chi connectivity index (χ4v) is 7.65. The van der Waals surface area contributed by atoms with Crippen LogP contribution in [0.3, 0.4) is 0 Å². The molecule has 0 unspecified atom stereocenters. The molecule has 0 saturated heterocycles. The van der Waals surface area contributed by atoms with Gasteiger partial charge in [-0.05, 0) is 95.6 Å². The van der Waals surface area contributed by atoms with Crippen LogP contribution in [0.1, 0.15) is 66.4 Å². The Kier molecular flexibility index (Phi) is 13.0. The predicted molar refractivity (Wildman–Crippen MR) is 213 cm³/mol. The lowest BCUT2D eigenvalue weighted by Gasteiger charge is -2.28. The number of aromatic nitrogens is 3. The Morgan fingerprint density at radius 2 is 1.47 bits per heavy atom. The molecule has 5 aromatic rings. The summed E-state index contributed by atoms with van der Waals surface area (Å²) in [6.45, 7) is 7.09. The van der Waals surface area contributed by atoms with Gasteiger partial charge < -0.3 is 24.2 Å². The third-order valence-corrected chi connectivity index (χ3v) is 11.0. The van der Waals surface area contributed by atoms with E-state index in [1.807, 2.05) is 13.8 Å². The summed E-state index contributed by atoms with van der Waals surface area (Å²) < 4.78 is 63.4. The van der Waals surface area contributed by atoms with Crippen molar-refractivity contribution in [3.63, 3.8) is 0 Å². The average molecular weight is 802 g/mol. The maximum Gasteiger partial charge on any atom is 0.307 e. The third-order valence-electron chi connectivity index (χ3n) is 9.34. The normalized spacial score (nSPS) is 11.8. The molecule has 1 amide bonds. The molecule has 13 nitrogen and oxygen atoms in total. The number of methoxy groups -OCH3 is 2. The summed E-state index contributed by atoms with van der Waals surface area (Å²) in [5.74, 6) is -0.779. The summed E-state index contributed by atoms with van der Waals surface area (Å²) in [6.07, 6.45) is 1.17. The Morgan fingerprint density at radius 1 is 0.895 bits per heavy atom. The molecule has 0 atom stereocenters. The Labute approximate surface area is 332 Å². The van der Waals surface area contributed by atoms with Crippen molar-refractivity contribution in [3.8, 4) is 28.5 Å². The molecule has 2 aromatic heterocycles. The number of pyridine rings is 1. The van der Waals surface area contributed by atoms with Crippen LogP contribution in [-0.4, -0.2) is 84.3 Å². The highest BCUT2D eigenvalue weighted by molar-refractivity contribution is 7.89. The van der Waals surface area contributed by atoms with E-state index in [9.17, 15) is 27.5 Å².